The zero-order valence-corrected chi connectivity index (χ0v) is 18.0. The molecule has 1 heterocycles. The number of nitrogens with zero attached hydrogens (tertiary/aromatic N) is 1. The van der Waals surface area contributed by atoms with Crippen LogP contribution in [0.2, 0.25) is 0 Å². The van der Waals surface area contributed by atoms with Gasteiger partial charge in [0, 0.05) is 13.1 Å². The van der Waals surface area contributed by atoms with Gasteiger partial charge in [-0.05, 0) is 68.5 Å². The van der Waals surface area contributed by atoms with Gasteiger partial charge in [-0.15, -0.1) is 0 Å². The molecule has 2 aromatic rings. The first-order valence-corrected chi connectivity index (χ1v) is 12.2. The summed E-state index contributed by atoms with van der Waals surface area (Å²) in [6, 6.07) is 9.86. The van der Waals surface area contributed by atoms with Crippen molar-refractivity contribution in [1.29, 1.82) is 0 Å². The predicted octanol–water partition coefficient (Wildman–Crippen LogP) is 3.59. The van der Waals surface area contributed by atoms with Gasteiger partial charge in [-0.2, -0.15) is 4.31 Å². The highest BCUT2D eigenvalue weighted by Crippen LogP contribution is 2.27. The second kappa shape index (κ2) is 7.85. The summed E-state index contributed by atoms with van der Waals surface area (Å²) in [4.78, 5) is 0.337. The monoisotopic (exact) mass is 422 g/mol. The summed E-state index contributed by atoms with van der Waals surface area (Å²) in [6.45, 7) is 6.28. The molecule has 0 amide bonds. The number of aryl methyl sites for hydroxylation is 3. The Balaban J connectivity index is 1.96. The molecule has 1 saturated heterocycles. The molecule has 28 heavy (non-hydrogen) atoms. The molecule has 0 bridgehead atoms. The Kier molecular flexibility index (Phi) is 5.84. The van der Waals surface area contributed by atoms with E-state index in [4.69, 9.17) is 0 Å². The third-order valence-electron chi connectivity index (χ3n) is 5.01. The Morgan fingerprint density at radius 3 is 2.07 bits per heavy atom. The summed E-state index contributed by atoms with van der Waals surface area (Å²) < 4.78 is 55.8. The summed E-state index contributed by atoms with van der Waals surface area (Å²) in [6.07, 6.45) is 2.72. The normalized spacial score (nSPS) is 16.1. The molecule has 0 saturated carbocycles. The Morgan fingerprint density at radius 1 is 0.786 bits per heavy atom. The van der Waals surface area contributed by atoms with Crippen LogP contribution >= 0.6 is 0 Å². The molecule has 0 radical (unpaired) electrons. The van der Waals surface area contributed by atoms with E-state index < -0.39 is 20.0 Å². The number of hydrogen-bond acceptors (Lipinski definition) is 4. The molecule has 0 spiro atoms. The minimum Gasteiger partial charge on any atom is -0.280 e. The van der Waals surface area contributed by atoms with E-state index in [-0.39, 0.29) is 15.5 Å². The molecule has 1 N–H and O–H groups in total. The fourth-order valence-corrected chi connectivity index (χ4v) is 6.54. The maximum atomic E-state index is 13.0. The van der Waals surface area contributed by atoms with E-state index in [9.17, 15) is 16.8 Å². The highest BCUT2D eigenvalue weighted by atomic mass is 32.2. The number of sulfonamides is 2. The van der Waals surface area contributed by atoms with Crippen molar-refractivity contribution in [2.24, 2.45) is 0 Å². The van der Waals surface area contributed by atoms with Crippen molar-refractivity contribution < 1.29 is 16.8 Å². The summed E-state index contributed by atoms with van der Waals surface area (Å²) in [5.74, 6) is 0. The molecular formula is C20H26N2O4S2. The van der Waals surface area contributed by atoms with Crippen LogP contribution in [0.4, 0.5) is 5.69 Å². The lowest BCUT2D eigenvalue weighted by Gasteiger charge is -2.26. The summed E-state index contributed by atoms with van der Waals surface area (Å²) in [7, 11) is -7.48. The van der Waals surface area contributed by atoms with Crippen LogP contribution in [0.5, 0.6) is 0 Å². The van der Waals surface area contributed by atoms with E-state index in [0.29, 0.717) is 24.2 Å². The van der Waals surface area contributed by atoms with E-state index in [1.807, 2.05) is 13.0 Å². The average molecular weight is 423 g/mol. The molecule has 0 aliphatic carbocycles. The molecule has 1 aliphatic rings. The van der Waals surface area contributed by atoms with Crippen molar-refractivity contribution in [2.45, 2.75) is 49.8 Å². The second-order valence-corrected chi connectivity index (χ2v) is 10.9. The first kappa shape index (κ1) is 20.8. The van der Waals surface area contributed by atoms with Gasteiger partial charge in [0.05, 0.1) is 15.5 Å². The summed E-state index contributed by atoms with van der Waals surface area (Å²) in [5.41, 5.74) is 2.30. The van der Waals surface area contributed by atoms with Crippen LogP contribution in [0.1, 0.15) is 36.0 Å². The molecule has 1 aliphatic heterocycles. The van der Waals surface area contributed by atoms with Gasteiger partial charge in [0.15, 0.2) is 0 Å². The first-order chi connectivity index (χ1) is 13.1. The van der Waals surface area contributed by atoms with E-state index in [1.165, 1.54) is 10.4 Å². The Labute approximate surface area is 167 Å². The number of hydrogen-bond donors (Lipinski definition) is 1. The maximum Gasteiger partial charge on any atom is 0.262 e. The quantitative estimate of drug-likeness (QED) is 0.798. The molecule has 8 heteroatoms. The lowest BCUT2D eigenvalue weighted by Crippen LogP contribution is -2.36. The van der Waals surface area contributed by atoms with Crippen molar-refractivity contribution in [3.63, 3.8) is 0 Å². The van der Waals surface area contributed by atoms with Crippen molar-refractivity contribution in [3.05, 3.63) is 53.1 Å². The zero-order valence-electron chi connectivity index (χ0n) is 16.4. The zero-order chi connectivity index (χ0) is 20.5. The van der Waals surface area contributed by atoms with E-state index in [2.05, 4.69) is 4.72 Å². The predicted molar refractivity (Wildman–Crippen MR) is 111 cm³/mol. The maximum absolute atomic E-state index is 13.0. The Hall–Kier alpha value is -1.90. The lowest BCUT2D eigenvalue weighted by molar-refractivity contribution is 0.346. The Morgan fingerprint density at radius 2 is 1.39 bits per heavy atom. The first-order valence-electron chi connectivity index (χ1n) is 9.32. The topological polar surface area (TPSA) is 83.5 Å². The average Bonchev–Trinajstić information content (AvgIpc) is 2.65. The number of piperidine rings is 1. The fraction of sp³-hybridized carbons (Fsp3) is 0.400. The molecule has 6 nitrogen and oxygen atoms in total. The minimum atomic E-state index is -3.82. The standard InChI is InChI=1S/C20H26N2O4S2/c1-15-7-8-16(2)19(13-15)27(23,24)21-18-10-9-17(3)20(14-18)28(25,26)22-11-5-4-6-12-22/h7-10,13-14,21H,4-6,11-12H2,1-3H3. The van der Waals surface area contributed by atoms with Gasteiger partial charge in [-0.1, -0.05) is 24.6 Å². The van der Waals surface area contributed by atoms with Crippen molar-refractivity contribution >= 4 is 25.7 Å². The van der Waals surface area contributed by atoms with E-state index in [1.54, 1.807) is 38.1 Å². The van der Waals surface area contributed by atoms with Crippen molar-refractivity contribution in [3.8, 4) is 0 Å². The summed E-state index contributed by atoms with van der Waals surface area (Å²) >= 11 is 0. The molecular weight excluding hydrogens is 396 g/mol. The molecule has 2 aromatic carbocycles. The van der Waals surface area contributed by atoms with Crippen LogP contribution in [0.3, 0.4) is 0 Å². The number of rotatable bonds is 5. The highest BCUT2D eigenvalue weighted by molar-refractivity contribution is 7.92. The highest BCUT2D eigenvalue weighted by Gasteiger charge is 2.28. The van der Waals surface area contributed by atoms with Crippen LogP contribution in [-0.4, -0.2) is 34.2 Å². The largest absolute Gasteiger partial charge is 0.280 e. The van der Waals surface area contributed by atoms with Gasteiger partial charge in [0.1, 0.15) is 0 Å². The van der Waals surface area contributed by atoms with Gasteiger partial charge < -0.3 is 0 Å². The smallest absolute Gasteiger partial charge is 0.262 e. The summed E-state index contributed by atoms with van der Waals surface area (Å²) in [5, 5.41) is 0. The molecule has 1 fully saturated rings. The molecule has 0 aromatic heterocycles. The van der Waals surface area contributed by atoms with E-state index >= 15 is 0 Å². The van der Waals surface area contributed by atoms with Crippen molar-refractivity contribution in [2.75, 3.05) is 17.8 Å². The SMILES string of the molecule is Cc1ccc(C)c(S(=O)(=O)Nc2ccc(C)c(S(=O)(=O)N3CCCCC3)c2)c1. The van der Waals surface area contributed by atoms with Crippen LogP contribution in [0.15, 0.2) is 46.2 Å². The van der Waals surface area contributed by atoms with Crippen LogP contribution in [0, 0.1) is 20.8 Å². The fourth-order valence-electron chi connectivity index (χ4n) is 3.39. The van der Waals surface area contributed by atoms with Crippen molar-refractivity contribution in [1.82, 2.24) is 4.31 Å². The third kappa shape index (κ3) is 4.24. The van der Waals surface area contributed by atoms with Gasteiger partial charge in [-0.25, -0.2) is 16.8 Å². The number of benzene rings is 2. The van der Waals surface area contributed by atoms with Gasteiger partial charge in [-0.3, -0.25) is 4.72 Å². The molecule has 3 rings (SSSR count). The molecule has 0 atom stereocenters. The molecule has 0 unspecified atom stereocenters. The van der Waals surface area contributed by atoms with Gasteiger partial charge >= 0.3 is 0 Å². The van der Waals surface area contributed by atoms with Gasteiger partial charge in [0.25, 0.3) is 10.0 Å². The Bertz CT molecular complexity index is 1090. The van der Waals surface area contributed by atoms with Crippen LogP contribution in [0.25, 0.3) is 0 Å². The van der Waals surface area contributed by atoms with Crippen LogP contribution in [-0.2, 0) is 20.0 Å². The minimum absolute atomic E-state index is 0.149. The number of anilines is 1. The second-order valence-electron chi connectivity index (χ2n) is 7.32. The third-order valence-corrected chi connectivity index (χ3v) is 8.57. The number of nitrogens with one attached hydrogen (secondary N) is 1. The van der Waals surface area contributed by atoms with E-state index in [0.717, 1.165) is 24.8 Å². The van der Waals surface area contributed by atoms with Gasteiger partial charge in [0.2, 0.25) is 10.0 Å². The van der Waals surface area contributed by atoms with Crippen LogP contribution < -0.4 is 4.72 Å². The lowest BCUT2D eigenvalue weighted by atomic mass is 10.2. The molecule has 152 valence electrons.